The van der Waals surface area contributed by atoms with E-state index in [0.717, 1.165) is 55.1 Å². The number of likely N-dealkylation sites (N-methyl/N-ethyl adjacent to an activating group) is 1. The molecule has 4 heteroatoms. The number of piperazine rings is 1. The number of amides is 1. The molecule has 1 fully saturated rings. The number of benzene rings is 3. The highest BCUT2D eigenvalue weighted by molar-refractivity contribution is 5.98. The minimum absolute atomic E-state index is 0.00944. The highest BCUT2D eigenvalue weighted by atomic mass is 16.1. The van der Waals surface area contributed by atoms with Crippen LogP contribution in [0.2, 0.25) is 0 Å². The van der Waals surface area contributed by atoms with Gasteiger partial charge in [-0.25, -0.2) is 0 Å². The Morgan fingerprint density at radius 1 is 0.871 bits per heavy atom. The van der Waals surface area contributed by atoms with Crippen molar-refractivity contribution in [1.29, 1.82) is 0 Å². The molecule has 1 heterocycles. The summed E-state index contributed by atoms with van der Waals surface area (Å²) in [6.45, 7) is 9.69. The van der Waals surface area contributed by atoms with Gasteiger partial charge in [0.15, 0.2) is 0 Å². The van der Waals surface area contributed by atoms with Crippen LogP contribution in [0.5, 0.6) is 0 Å². The van der Waals surface area contributed by atoms with Crippen molar-refractivity contribution >= 4 is 17.3 Å². The molecule has 0 spiro atoms. The molecule has 1 amide bonds. The van der Waals surface area contributed by atoms with Gasteiger partial charge in [-0.3, -0.25) is 4.79 Å². The monoisotopic (exact) mass is 413 g/mol. The maximum absolute atomic E-state index is 13.4. The number of hydrogen-bond donors (Lipinski definition) is 1. The van der Waals surface area contributed by atoms with Crippen LogP contribution < -0.4 is 10.2 Å². The summed E-state index contributed by atoms with van der Waals surface area (Å²) < 4.78 is 0. The molecule has 1 aliphatic heterocycles. The van der Waals surface area contributed by atoms with Crippen molar-refractivity contribution in [2.45, 2.75) is 19.8 Å². The zero-order valence-corrected chi connectivity index (χ0v) is 18.4. The number of aryl methyl sites for hydroxylation is 1. The molecule has 0 aliphatic carbocycles. The average molecular weight is 414 g/mol. The lowest BCUT2D eigenvalue weighted by Gasteiger charge is -2.35. The van der Waals surface area contributed by atoms with E-state index in [1.165, 1.54) is 5.69 Å². The van der Waals surface area contributed by atoms with E-state index in [-0.39, 0.29) is 11.8 Å². The lowest BCUT2D eigenvalue weighted by Crippen LogP contribution is -2.46. The van der Waals surface area contributed by atoms with Gasteiger partial charge in [-0.2, -0.15) is 0 Å². The molecule has 31 heavy (non-hydrogen) atoms. The molecular formula is C27H31N3O. The summed E-state index contributed by atoms with van der Waals surface area (Å²) in [4.78, 5) is 18.3. The lowest BCUT2D eigenvalue weighted by molar-refractivity contribution is -0.116. The highest BCUT2D eigenvalue weighted by Crippen LogP contribution is 2.29. The molecule has 0 atom stereocenters. The van der Waals surface area contributed by atoms with E-state index in [2.05, 4.69) is 41.1 Å². The van der Waals surface area contributed by atoms with Gasteiger partial charge >= 0.3 is 0 Å². The van der Waals surface area contributed by atoms with Gasteiger partial charge in [-0.1, -0.05) is 67.6 Å². The third-order valence-corrected chi connectivity index (χ3v) is 6.18. The van der Waals surface area contributed by atoms with Crippen molar-refractivity contribution in [3.8, 4) is 0 Å². The van der Waals surface area contributed by atoms with Crippen LogP contribution in [0.15, 0.2) is 78.9 Å². The largest absolute Gasteiger partial charge is 0.369 e. The summed E-state index contributed by atoms with van der Waals surface area (Å²) in [6, 6.07) is 26.3. The second-order valence-corrected chi connectivity index (χ2v) is 8.16. The van der Waals surface area contributed by atoms with Crippen LogP contribution in [0.3, 0.4) is 0 Å². The molecule has 0 saturated carbocycles. The molecule has 0 unspecified atom stereocenters. The Labute approximate surface area is 185 Å². The molecule has 3 aromatic carbocycles. The van der Waals surface area contributed by atoms with E-state index in [9.17, 15) is 4.79 Å². The first-order valence-corrected chi connectivity index (χ1v) is 11.1. The molecule has 1 N–H and O–H groups in total. The van der Waals surface area contributed by atoms with Crippen LogP contribution in [0, 0.1) is 6.92 Å². The van der Waals surface area contributed by atoms with Gasteiger partial charge in [0.25, 0.3) is 0 Å². The van der Waals surface area contributed by atoms with Gasteiger partial charge in [0.2, 0.25) is 5.91 Å². The predicted molar refractivity (Wildman–Crippen MR) is 129 cm³/mol. The third kappa shape index (κ3) is 4.97. The third-order valence-electron chi connectivity index (χ3n) is 6.18. The summed E-state index contributed by atoms with van der Waals surface area (Å²) in [5.41, 5.74) is 5.18. The molecule has 0 radical (unpaired) electrons. The van der Waals surface area contributed by atoms with E-state index in [0.29, 0.717) is 0 Å². The summed E-state index contributed by atoms with van der Waals surface area (Å²) in [5, 5.41) is 3.19. The van der Waals surface area contributed by atoms with Crippen molar-refractivity contribution in [2.24, 2.45) is 0 Å². The fourth-order valence-corrected chi connectivity index (χ4v) is 4.30. The maximum atomic E-state index is 13.4. The molecule has 0 bridgehead atoms. The van der Waals surface area contributed by atoms with Crippen molar-refractivity contribution in [1.82, 2.24) is 4.90 Å². The number of anilines is 2. The molecule has 4 rings (SSSR count). The average Bonchev–Trinajstić information content (AvgIpc) is 2.82. The van der Waals surface area contributed by atoms with Crippen LogP contribution in [0.25, 0.3) is 0 Å². The van der Waals surface area contributed by atoms with Gasteiger partial charge in [-0.05, 0) is 48.4 Å². The number of nitrogens with one attached hydrogen (secondary N) is 1. The Morgan fingerprint density at radius 3 is 1.97 bits per heavy atom. The minimum atomic E-state index is -0.344. The number of carbonyl (C=O) groups excluding carboxylic acids is 1. The Morgan fingerprint density at radius 2 is 1.45 bits per heavy atom. The van der Waals surface area contributed by atoms with Crippen molar-refractivity contribution in [2.75, 3.05) is 42.9 Å². The minimum Gasteiger partial charge on any atom is -0.369 e. The lowest BCUT2D eigenvalue weighted by atomic mass is 9.90. The van der Waals surface area contributed by atoms with Crippen molar-refractivity contribution in [3.63, 3.8) is 0 Å². The standard InChI is InChI=1S/C27H31N3O/c1-3-29-16-18-30(19-17-29)24-14-15-25(21(2)20-24)28-27(31)26(22-10-6-4-7-11-22)23-12-8-5-9-13-23/h4-15,20,26H,3,16-19H2,1-2H3,(H,28,31). The van der Waals surface area contributed by atoms with Crippen LogP contribution in [0.4, 0.5) is 11.4 Å². The first-order chi connectivity index (χ1) is 15.2. The van der Waals surface area contributed by atoms with E-state index >= 15 is 0 Å². The number of nitrogens with zero attached hydrogens (tertiary/aromatic N) is 2. The Kier molecular flexibility index (Phi) is 6.68. The summed E-state index contributed by atoms with van der Waals surface area (Å²) >= 11 is 0. The van der Waals surface area contributed by atoms with Crippen LogP contribution in [-0.2, 0) is 4.79 Å². The molecule has 4 nitrogen and oxygen atoms in total. The highest BCUT2D eigenvalue weighted by Gasteiger charge is 2.23. The van der Waals surface area contributed by atoms with Gasteiger partial charge in [0.1, 0.15) is 0 Å². The normalized spacial score (nSPS) is 14.6. The molecule has 0 aromatic heterocycles. The van der Waals surface area contributed by atoms with Crippen LogP contribution >= 0.6 is 0 Å². The molecular weight excluding hydrogens is 382 g/mol. The second kappa shape index (κ2) is 9.80. The summed E-state index contributed by atoms with van der Waals surface area (Å²) in [5.74, 6) is -0.353. The second-order valence-electron chi connectivity index (χ2n) is 8.16. The van der Waals surface area contributed by atoms with E-state index in [1.807, 2.05) is 66.7 Å². The van der Waals surface area contributed by atoms with Gasteiger partial charge in [0, 0.05) is 37.6 Å². The Balaban J connectivity index is 1.53. The van der Waals surface area contributed by atoms with E-state index in [4.69, 9.17) is 0 Å². The molecule has 1 saturated heterocycles. The topological polar surface area (TPSA) is 35.6 Å². The van der Waals surface area contributed by atoms with Crippen LogP contribution in [0.1, 0.15) is 29.5 Å². The smallest absolute Gasteiger partial charge is 0.236 e. The van der Waals surface area contributed by atoms with E-state index < -0.39 is 0 Å². The first kappa shape index (κ1) is 21.1. The quantitative estimate of drug-likeness (QED) is 0.624. The fraction of sp³-hybridized carbons (Fsp3) is 0.296. The fourth-order valence-electron chi connectivity index (χ4n) is 4.30. The number of carbonyl (C=O) groups is 1. The summed E-state index contributed by atoms with van der Waals surface area (Å²) in [7, 11) is 0. The van der Waals surface area contributed by atoms with E-state index in [1.54, 1.807) is 0 Å². The molecule has 3 aromatic rings. The van der Waals surface area contributed by atoms with Crippen molar-refractivity contribution < 1.29 is 4.79 Å². The zero-order valence-electron chi connectivity index (χ0n) is 18.4. The zero-order chi connectivity index (χ0) is 21.6. The van der Waals surface area contributed by atoms with Crippen LogP contribution in [-0.4, -0.2) is 43.5 Å². The molecule has 1 aliphatic rings. The predicted octanol–water partition coefficient (Wildman–Crippen LogP) is 4.91. The van der Waals surface area contributed by atoms with Crippen molar-refractivity contribution in [3.05, 3.63) is 95.6 Å². The van der Waals surface area contributed by atoms with Gasteiger partial charge in [-0.15, -0.1) is 0 Å². The molecule has 160 valence electrons. The first-order valence-electron chi connectivity index (χ1n) is 11.1. The van der Waals surface area contributed by atoms with Gasteiger partial charge < -0.3 is 15.1 Å². The number of hydrogen-bond acceptors (Lipinski definition) is 3. The SMILES string of the molecule is CCN1CCN(c2ccc(NC(=O)C(c3ccccc3)c3ccccc3)c(C)c2)CC1. The number of rotatable bonds is 6. The van der Waals surface area contributed by atoms with Gasteiger partial charge in [0.05, 0.1) is 5.92 Å². The maximum Gasteiger partial charge on any atom is 0.236 e. The Hall–Kier alpha value is -3.11. The summed E-state index contributed by atoms with van der Waals surface area (Å²) in [6.07, 6.45) is 0. The Bertz CT molecular complexity index is 956.